The van der Waals surface area contributed by atoms with Gasteiger partial charge in [0.15, 0.2) is 0 Å². The number of carbonyl (C=O) groups is 1. The van der Waals surface area contributed by atoms with E-state index in [-0.39, 0.29) is 11.4 Å². The number of hydrogen-bond acceptors (Lipinski definition) is 7. The Hall–Kier alpha value is -4.08. The number of anilines is 1. The van der Waals surface area contributed by atoms with Crippen LogP contribution in [0.15, 0.2) is 47.1 Å². The number of fused-ring (bicyclic) bond motifs is 1. The van der Waals surface area contributed by atoms with Crippen LogP contribution in [-0.2, 0) is 7.05 Å². The molecule has 0 aliphatic carbocycles. The Balaban J connectivity index is 1.84. The van der Waals surface area contributed by atoms with Crippen LogP contribution < -0.4 is 5.32 Å². The molecule has 0 bridgehead atoms. The Morgan fingerprint density at radius 3 is 2.82 bits per heavy atom. The molecular weight excluding hydrogens is 364 g/mol. The number of non-ortho nitro benzene ring substituents is 1. The molecule has 4 rings (SSSR count). The molecule has 1 amide bonds. The van der Waals surface area contributed by atoms with Crippen LogP contribution in [0.3, 0.4) is 0 Å². The highest BCUT2D eigenvalue weighted by molar-refractivity contribution is 6.12. The van der Waals surface area contributed by atoms with Crippen molar-refractivity contribution in [3.63, 3.8) is 0 Å². The Bertz CT molecular complexity index is 1230. The summed E-state index contributed by atoms with van der Waals surface area (Å²) in [5.41, 5.74) is 1.77. The molecular formula is C18H14N6O4. The highest BCUT2D eigenvalue weighted by Gasteiger charge is 2.21. The third-order valence-electron chi connectivity index (χ3n) is 4.28. The predicted octanol–water partition coefficient (Wildman–Crippen LogP) is 3.09. The fraction of sp³-hybridized carbons (Fsp3) is 0.111. The van der Waals surface area contributed by atoms with E-state index in [9.17, 15) is 14.9 Å². The summed E-state index contributed by atoms with van der Waals surface area (Å²) in [5.74, 6) is 0.120. The second-order valence-electron chi connectivity index (χ2n) is 6.10. The number of benzene rings is 1. The molecule has 0 atom stereocenters. The quantitative estimate of drug-likeness (QED) is 0.427. The lowest BCUT2D eigenvalue weighted by atomic mass is 10.0. The number of nitro benzene ring substituents is 1. The molecule has 28 heavy (non-hydrogen) atoms. The zero-order chi connectivity index (χ0) is 19.8. The summed E-state index contributed by atoms with van der Waals surface area (Å²) in [6.45, 7) is 1.71. The van der Waals surface area contributed by atoms with Crippen LogP contribution in [-0.4, -0.2) is 30.8 Å². The van der Waals surface area contributed by atoms with Crippen LogP contribution >= 0.6 is 0 Å². The molecule has 0 aliphatic rings. The van der Waals surface area contributed by atoms with Gasteiger partial charge in [-0.2, -0.15) is 5.10 Å². The fourth-order valence-electron chi connectivity index (χ4n) is 2.88. The maximum absolute atomic E-state index is 12.9. The molecule has 0 spiro atoms. The molecule has 1 N–H and O–H groups in total. The van der Waals surface area contributed by atoms with E-state index < -0.39 is 10.8 Å². The van der Waals surface area contributed by atoms with Crippen LogP contribution in [0.2, 0.25) is 0 Å². The number of nitrogens with one attached hydrogen (secondary N) is 1. The molecule has 1 aromatic carbocycles. The van der Waals surface area contributed by atoms with E-state index in [2.05, 4.69) is 20.6 Å². The lowest BCUT2D eigenvalue weighted by Crippen LogP contribution is -2.15. The molecule has 0 saturated carbocycles. The van der Waals surface area contributed by atoms with Crippen molar-refractivity contribution in [2.24, 2.45) is 7.05 Å². The molecule has 0 radical (unpaired) electrons. The van der Waals surface area contributed by atoms with Gasteiger partial charge in [-0.05, 0) is 13.0 Å². The molecule has 10 heteroatoms. The molecule has 3 heterocycles. The zero-order valence-corrected chi connectivity index (χ0v) is 14.9. The van der Waals surface area contributed by atoms with Crippen LogP contribution in [0.25, 0.3) is 22.4 Å². The normalized spacial score (nSPS) is 10.9. The monoisotopic (exact) mass is 378 g/mol. The molecule has 10 nitrogen and oxygen atoms in total. The van der Waals surface area contributed by atoms with E-state index in [1.807, 2.05) is 0 Å². The van der Waals surface area contributed by atoms with Crippen molar-refractivity contribution < 1.29 is 14.2 Å². The second kappa shape index (κ2) is 6.58. The van der Waals surface area contributed by atoms with Crippen molar-refractivity contribution in [3.8, 4) is 11.3 Å². The number of nitrogens with zero attached hydrogens (tertiary/aromatic N) is 5. The number of hydrogen-bond donors (Lipinski definition) is 1. The fourth-order valence-corrected chi connectivity index (χ4v) is 2.88. The molecule has 4 aromatic rings. The van der Waals surface area contributed by atoms with Crippen LogP contribution in [0.1, 0.15) is 16.1 Å². The number of pyridine rings is 1. The average molecular weight is 378 g/mol. The van der Waals surface area contributed by atoms with Gasteiger partial charge in [0.1, 0.15) is 5.82 Å². The van der Waals surface area contributed by atoms with Crippen molar-refractivity contribution in [1.29, 1.82) is 0 Å². The summed E-state index contributed by atoms with van der Waals surface area (Å²) < 4.78 is 6.77. The van der Waals surface area contributed by atoms with Crippen molar-refractivity contribution in [1.82, 2.24) is 19.9 Å². The van der Waals surface area contributed by atoms with E-state index in [1.165, 1.54) is 16.8 Å². The Morgan fingerprint density at radius 1 is 1.29 bits per heavy atom. The molecule has 140 valence electrons. The number of nitro groups is 1. The zero-order valence-electron chi connectivity index (χ0n) is 14.9. The Kier molecular flexibility index (Phi) is 4.07. The number of aromatic nitrogens is 4. The molecule has 3 aromatic heterocycles. The number of rotatable bonds is 4. The summed E-state index contributed by atoms with van der Waals surface area (Å²) in [7, 11) is 1.71. The first-order chi connectivity index (χ1) is 13.4. The number of amides is 1. The van der Waals surface area contributed by atoms with Gasteiger partial charge >= 0.3 is 0 Å². The number of aryl methyl sites for hydroxylation is 2. The standard InChI is InChI=1S/C18H14N6O4/c1-10-16-13(17(25)21-15-6-7-19-23(15)2)9-14(20-18(16)28-22-10)11-4-3-5-12(8-11)24(26)27/h3-9H,1-2H3,(H,21,25). The van der Waals surface area contributed by atoms with E-state index in [1.54, 1.807) is 44.4 Å². The van der Waals surface area contributed by atoms with Crippen molar-refractivity contribution in [2.45, 2.75) is 6.92 Å². The van der Waals surface area contributed by atoms with E-state index >= 15 is 0 Å². The summed E-state index contributed by atoms with van der Waals surface area (Å²) in [5, 5.41) is 22.2. The first kappa shape index (κ1) is 17.3. The average Bonchev–Trinajstić information content (AvgIpc) is 3.27. The smallest absolute Gasteiger partial charge is 0.270 e. The summed E-state index contributed by atoms with van der Waals surface area (Å²) in [6, 6.07) is 9.24. The third-order valence-corrected chi connectivity index (χ3v) is 4.28. The van der Waals surface area contributed by atoms with Crippen molar-refractivity contribution in [3.05, 3.63) is 64.0 Å². The lowest BCUT2D eigenvalue weighted by Gasteiger charge is -2.08. The van der Waals surface area contributed by atoms with Crippen molar-refractivity contribution in [2.75, 3.05) is 5.32 Å². The molecule has 0 fully saturated rings. The van der Waals surface area contributed by atoms with Crippen LogP contribution in [0, 0.1) is 17.0 Å². The molecule has 0 unspecified atom stereocenters. The minimum Gasteiger partial charge on any atom is -0.335 e. The van der Waals surface area contributed by atoms with Crippen LogP contribution in [0.5, 0.6) is 0 Å². The van der Waals surface area contributed by atoms with Gasteiger partial charge in [0.2, 0.25) is 0 Å². The Labute approximate surface area is 157 Å². The minimum atomic E-state index is -0.489. The minimum absolute atomic E-state index is 0.0750. The van der Waals surface area contributed by atoms with E-state index in [0.29, 0.717) is 33.7 Å². The SMILES string of the molecule is Cc1noc2nc(-c3cccc([N+](=O)[O-])c3)cc(C(=O)Nc3ccnn3C)c12. The topological polar surface area (TPSA) is 129 Å². The second-order valence-corrected chi connectivity index (χ2v) is 6.10. The predicted molar refractivity (Wildman–Crippen MR) is 99.8 cm³/mol. The number of carbonyl (C=O) groups excluding carboxylic acids is 1. The maximum atomic E-state index is 12.9. The van der Waals surface area contributed by atoms with Gasteiger partial charge in [-0.25, -0.2) is 4.98 Å². The van der Waals surface area contributed by atoms with Gasteiger partial charge in [-0.3, -0.25) is 19.6 Å². The highest BCUT2D eigenvalue weighted by Crippen LogP contribution is 2.29. The van der Waals surface area contributed by atoms with E-state index in [4.69, 9.17) is 4.52 Å². The van der Waals surface area contributed by atoms with E-state index in [0.717, 1.165) is 0 Å². The van der Waals surface area contributed by atoms with Gasteiger partial charge in [0.05, 0.1) is 33.5 Å². The third kappa shape index (κ3) is 2.96. The first-order valence-corrected chi connectivity index (χ1v) is 8.25. The summed E-state index contributed by atoms with van der Waals surface area (Å²) >= 11 is 0. The summed E-state index contributed by atoms with van der Waals surface area (Å²) in [6.07, 6.45) is 1.57. The van der Waals surface area contributed by atoms with Crippen LogP contribution in [0.4, 0.5) is 11.5 Å². The van der Waals surface area contributed by atoms with Gasteiger partial charge < -0.3 is 9.84 Å². The van der Waals surface area contributed by atoms with Gasteiger partial charge in [-0.15, -0.1) is 0 Å². The molecule has 0 aliphatic heterocycles. The lowest BCUT2D eigenvalue weighted by molar-refractivity contribution is -0.384. The Morgan fingerprint density at radius 2 is 2.11 bits per heavy atom. The largest absolute Gasteiger partial charge is 0.335 e. The summed E-state index contributed by atoms with van der Waals surface area (Å²) in [4.78, 5) is 27.9. The van der Waals surface area contributed by atoms with Crippen molar-refractivity contribution >= 4 is 28.5 Å². The van der Waals surface area contributed by atoms with Gasteiger partial charge in [0.25, 0.3) is 17.3 Å². The van der Waals surface area contributed by atoms with Gasteiger partial charge in [0, 0.05) is 30.8 Å². The highest BCUT2D eigenvalue weighted by atomic mass is 16.6. The van der Waals surface area contributed by atoms with Gasteiger partial charge in [-0.1, -0.05) is 17.3 Å². The first-order valence-electron chi connectivity index (χ1n) is 8.25. The maximum Gasteiger partial charge on any atom is 0.270 e. The molecule has 0 saturated heterocycles.